The van der Waals surface area contributed by atoms with Crippen molar-refractivity contribution in [2.24, 2.45) is 0 Å². The van der Waals surface area contributed by atoms with Gasteiger partial charge in [-0.15, -0.1) is 0 Å². The van der Waals surface area contributed by atoms with E-state index in [0.29, 0.717) is 17.5 Å². The molecule has 0 aliphatic rings. The number of benzene rings is 8. The van der Waals surface area contributed by atoms with Gasteiger partial charge in [-0.25, -0.2) is 15.0 Å². The molecular weight excluding hydrogens is 637 g/mol. The number of para-hydroxylation sites is 2. The average Bonchev–Trinajstić information content (AvgIpc) is 3.75. The number of aromatic nitrogens is 4. The Labute approximate surface area is 298 Å². The van der Waals surface area contributed by atoms with E-state index in [9.17, 15) is 0 Å². The highest BCUT2D eigenvalue weighted by atomic mass is 16.3. The SMILES string of the molecule is c1ccc(-c2nc(-c3cc4oc5ccccc5c4cc3-n3c4ccccc4c4c5ccccc5ccc43)nc(-c3cccc4ccccc34)n2)cc1. The molecule has 0 radical (unpaired) electrons. The summed E-state index contributed by atoms with van der Waals surface area (Å²) in [6.45, 7) is 0. The Morgan fingerprint density at radius 2 is 1.02 bits per heavy atom. The summed E-state index contributed by atoms with van der Waals surface area (Å²) in [4.78, 5) is 15.7. The van der Waals surface area contributed by atoms with Crippen molar-refractivity contribution in [3.8, 4) is 39.9 Å². The molecular formula is C47H28N4O. The second-order valence-electron chi connectivity index (χ2n) is 13.2. The van der Waals surface area contributed by atoms with Gasteiger partial charge in [0.25, 0.3) is 0 Å². The minimum absolute atomic E-state index is 0.570. The van der Waals surface area contributed by atoms with E-state index in [2.05, 4.69) is 132 Å². The van der Waals surface area contributed by atoms with Gasteiger partial charge in [0.2, 0.25) is 0 Å². The number of hydrogen-bond donors (Lipinski definition) is 0. The smallest absolute Gasteiger partial charge is 0.166 e. The summed E-state index contributed by atoms with van der Waals surface area (Å²) in [5.74, 6) is 1.79. The third-order valence-electron chi connectivity index (χ3n) is 10.2. The first-order valence-electron chi connectivity index (χ1n) is 17.5. The van der Waals surface area contributed by atoms with Crippen LogP contribution in [0.25, 0.3) is 105 Å². The summed E-state index contributed by atoms with van der Waals surface area (Å²) in [6.07, 6.45) is 0. The lowest BCUT2D eigenvalue weighted by Gasteiger charge is -2.15. The zero-order valence-corrected chi connectivity index (χ0v) is 27.9. The second-order valence-corrected chi connectivity index (χ2v) is 13.2. The second kappa shape index (κ2) is 11.2. The molecule has 0 unspecified atom stereocenters. The molecule has 242 valence electrons. The molecule has 5 nitrogen and oxygen atoms in total. The Morgan fingerprint density at radius 1 is 0.385 bits per heavy atom. The van der Waals surface area contributed by atoms with Crippen molar-refractivity contribution in [1.82, 2.24) is 19.5 Å². The monoisotopic (exact) mass is 664 g/mol. The first-order chi connectivity index (χ1) is 25.8. The predicted octanol–water partition coefficient (Wildman–Crippen LogP) is 12.2. The molecule has 0 spiro atoms. The van der Waals surface area contributed by atoms with Crippen LogP contribution in [0.4, 0.5) is 0 Å². The Kier molecular flexibility index (Phi) is 6.18. The van der Waals surface area contributed by atoms with Crippen molar-refractivity contribution < 1.29 is 4.42 Å². The van der Waals surface area contributed by atoms with E-state index in [-0.39, 0.29) is 0 Å². The van der Waals surface area contributed by atoms with Crippen LogP contribution in [0.5, 0.6) is 0 Å². The average molecular weight is 665 g/mol. The molecule has 0 aliphatic heterocycles. The molecule has 0 bridgehead atoms. The maximum absolute atomic E-state index is 6.53. The molecule has 11 aromatic rings. The predicted molar refractivity (Wildman–Crippen MR) is 213 cm³/mol. The first-order valence-corrected chi connectivity index (χ1v) is 17.5. The molecule has 0 saturated heterocycles. The zero-order chi connectivity index (χ0) is 34.2. The summed E-state index contributed by atoms with van der Waals surface area (Å²) < 4.78 is 8.90. The van der Waals surface area contributed by atoms with Gasteiger partial charge in [-0.3, -0.25) is 0 Å². The molecule has 3 aromatic heterocycles. The Bertz CT molecular complexity index is 3190. The molecule has 3 heterocycles. The molecule has 52 heavy (non-hydrogen) atoms. The highest BCUT2D eigenvalue weighted by Gasteiger charge is 2.23. The molecule has 5 heteroatoms. The van der Waals surface area contributed by atoms with Gasteiger partial charge in [0, 0.05) is 38.2 Å². The number of rotatable bonds is 4. The van der Waals surface area contributed by atoms with E-state index >= 15 is 0 Å². The third-order valence-corrected chi connectivity index (χ3v) is 10.2. The molecule has 0 atom stereocenters. The van der Waals surface area contributed by atoms with E-state index < -0.39 is 0 Å². The fraction of sp³-hybridized carbons (Fsp3) is 0. The van der Waals surface area contributed by atoms with Gasteiger partial charge < -0.3 is 8.98 Å². The Hall–Kier alpha value is -7.11. The van der Waals surface area contributed by atoms with Gasteiger partial charge in [0.1, 0.15) is 11.2 Å². The lowest BCUT2D eigenvalue weighted by Crippen LogP contribution is -2.04. The van der Waals surface area contributed by atoms with E-state index in [1.165, 1.54) is 21.5 Å². The van der Waals surface area contributed by atoms with Gasteiger partial charge in [0.15, 0.2) is 17.5 Å². The van der Waals surface area contributed by atoms with Crippen molar-refractivity contribution in [3.05, 3.63) is 170 Å². The van der Waals surface area contributed by atoms with Crippen LogP contribution in [-0.2, 0) is 0 Å². The van der Waals surface area contributed by atoms with Crippen LogP contribution in [0, 0.1) is 0 Å². The number of furan rings is 1. The van der Waals surface area contributed by atoms with Gasteiger partial charge in [-0.2, -0.15) is 0 Å². The van der Waals surface area contributed by atoms with Gasteiger partial charge in [-0.05, 0) is 51.9 Å². The Morgan fingerprint density at radius 3 is 1.87 bits per heavy atom. The van der Waals surface area contributed by atoms with Crippen LogP contribution in [0.15, 0.2) is 174 Å². The minimum atomic E-state index is 0.570. The largest absolute Gasteiger partial charge is 0.456 e. The van der Waals surface area contributed by atoms with Crippen molar-refractivity contribution in [2.75, 3.05) is 0 Å². The maximum Gasteiger partial charge on any atom is 0.166 e. The van der Waals surface area contributed by atoms with E-state index in [4.69, 9.17) is 19.4 Å². The summed E-state index contributed by atoms with van der Waals surface area (Å²) in [7, 11) is 0. The standard InChI is InChI=1S/C47H28N4O/c1-2-15-31(16-3-1)45-48-46(35-22-12-17-29-13-4-6-18-32(29)35)50-47(49-45)38-28-43-37(34-20-9-11-24-42(34)52-43)27-41(38)51-39-23-10-8-21-36(39)44-33-19-7-5-14-30(33)25-26-40(44)51/h1-28H. The normalized spacial score (nSPS) is 11.8. The summed E-state index contributed by atoms with van der Waals surface area (Å²) in [5, 5.41) is 9.15. The van der Waals surface area contributed by atoms with Gasteiger partial charge >= 0.3 is 0 Å². The molecule has 0 aliphatic carbocycles. The minimum Gasteiger partial charge on any atom is -0.456 e. The van der Waals surface area contributed by atoms with Crippen molar-refractivity contribution >= 4 is 65.3 Å². The van der Waals surface area contributed by atoms with Crippen LogP contribution >= 0.6 is 0 Å². The van der Waals surface area contributed by atoms with Crippen molar-refractivity contribution in [2.45, 2.75) is 0 Å². The van der Waals surface area contributed by atoms with E-state index in [0.717, 1.165) is 66.1 Å². The lowest BCUT2D eigenvalue weighted by molar-refractivity contribution is 0.669. The lowest BCUT2D eigenvalue weighted by atomic mass is 10.0. The first kappa shape index (κ1) is 28.7. The highest BCUT2D eigenvalue weighted by Crippen LogP contribution is 2.42. The van der Waals surface area contributed by atoms with Crippen LogP contribution in [0.2, 0.25) is 0 Å². The topological polar surface area (TPSA) is 56.7 Å². The fourth-order valence-corrected chi connectivity index (χ4v) is 7.88. The number of hydrogen-bond acceptors (Lipinski definition) is 4. The van der Waals surface area contributed by atoms with Crippen LogP contribution in [-0.4, -0.2) is 19.5 Å². The van der Waals surface area contributed by atoms with Gasteiger partial charge in [-0.1, -0.05) is 140 Å². The van der Waals surface area contributed by atoms with Crippen LogP contribution < -0.4 is 0 Å². The van der Waals surface area contributed by atoms with Crippen LogP contribution in [0.1, 0.15) is 0 Å². The van der Waals surface area contributed by atoms with Crippen LogP contribution in [0.3, 0.4) is 0 Å². The number of nitrogens with zero attached hydrogens (tertiary/aromatic N) is 4. The molecule has 0 N–H and O–H groups in total. The van der Waals surface area contributed by atoms with Gasteiger partial charge in [0.05, 0.1) is 16.7 Å². The molecule has 0 fully saturated rings. The molecule has 11 rings (SSSR count). The summed E-state index contributed by atoms with van der Waals surface area (Å²) in [6, 6.07) is 59.1. The number of fused-ring (bicyclic) bond motifs is 9. The molecule has 0 saturated carbocycles. The Balaban J connectivity index is 1.28. The zero-order valence-electron chi connectivity index (χ0n) is 27.9. The fourth-order valence-electron chi connectivity index (χ4n) is 7.88. The molecule has 8 aromatic carbocycles. The van der Waals surface area contributed by atoms with E-state index in [1.54, 1.807) is 0 Å². The van der Waals surface area contributed by atoms with Crippen molar-refractivity contribution in [1.29, 1.82) is 0 Å². The molecule has 0 amide bonds. The quantitative estimate of drug-likeness (QED) is 0.188. The van der Waals surface area contributed by atoms with Crippen molar-refractivity contribution in [3.63, 3.8) is 0 Å². The summed E-state index contributed by atoms with van der Waals surface area (Å²) in [5.41, 5.74) is 7.52. The maximum atomic E-state index is 6.53. The summed E-state index contributed by atoms with van der Waals surface area (Å²) >= 11 is 0. The van der Waals surface area contributed by atoms with E-state index in [1.807, 2.05) is 42.5 Å². The highest BCUT2D eigenvalue weighted by molar-refractivity contribution is 6.22. The third kappa shape index (κ3) is 4.33.